The van der Waals surface area contributed by atoms with Crippen LogP contribution in [-0.2, 0) is 11.3 Å². The van der Waals surface area contributed by atoms with Gasteiger partial charge in [0.2, 0.25) is 0 Å². The van der Waals surface area contributed by atoms with Crippen molar-refractivity contribution in [1.82, 2.24) is 29.3 Å². The molecule has 1 aliphatic heterocycles. The number of ether oxygens (including phenoxy) is 1. The summed E-state index contributed by atoms with van der Waals surface area (Å²) in [4.78, 5) is 18.7. The second-order valence-corrected chi connectivity index (χ2v) is 11.4. The quantitative estimate of drug-likeness (QED) is 0.146. The van der Waals surface area contributed by atoms with Crippen molar-refractivity contribution in [1.29, 1.82) is 0 Å². The number of hydrogen-bond acceptors (Lipinski definition) is 8. The Morgan fingerprint density at radius 2 is 1.93 bits per heavy atom. The highest BCUT2D eigenvalue weighted by Crippen LogP contribution is 2.35. The van der Waals surface area contributed by atoms with Crippen molar-refractivity contribution >= 4 is 34.9 Å². The highest BCUT2D eigenvalue weighted by Gasteiger charge is 2.30. The maximum atomic E-state index is 12.6. The molecule has 1 aliphatic rings. The number of nitrogens with zero attached hydrogens (tertiary/aromatic N) is 6. The van der Waals surface area contributed by atoms with Crippen LogP contribution in [0.2, 0.25) is 0 Å². The predicted molar refractivity (Wildman–Crippen MR) is 180 cm³/mol. The molecule has 5 N–H and O–H groups in total. The molecule has 11 heteroatoms. The molecule has 4 heterocycles. The van der Waals surface area contributed by atoms with Crippen molar-refractivity contribution in [3.8, 4) is 0 Å². The van der Waals surface area contributed by atoms with Crippen LogP contribution in [0, 0.1) is 0 Å². The first-order valence-corrected chi connectivity index (χ1v) is 15.0. The molecule has 0 aromatic carbocycles. The minimum Gasteiger partial charge on any atom is -0.444 e. The summed E-state index contributed by atoms with van der Waals surface area (Å²) in [5, 5.41) is 9.00. The van der Waals surface area contributed by atoms with Crippen molar-refractivity contribution in [3.63, 3.8) is 0 Å². The van der Waals surface area contributed by atoms with Crippen molar-refractivity contribution < 1.29 is 9.53 Å². The van der Waals surface area contributed by atoms with Crippen LogP contribution in [-0.4, -0.2) is 54.1 Å². The molecule has 0 saturated carbocycles. The zero-order chi connectivity index (χ0) is 32.4. The second-order valence-electron chi connectivity index (χ2n) is 11.4. The Balaban J connectivity index is 0.00000259. The van der Waals surface area contributed by atoms with E-state index in [1.165, 1.54) is 6.33 Å². The van der Waals surface area contributed by atoms with E-state index in [0.29, 0.717) is 31.3 Å². The molecule has 0 aliphatic carbocycles. The average molecular weight is 602 g/mol. The minimum atomic E-state index is -0.529. The predicted octanol–water partition coefficient (Wildman–Crippen LogP) is 6.35. The summed E-state index contributed by atoms with van der Waals surface area (Å²) < 4.78 is 9.24. The van der Waals surface area contributed by atoms with Gasteiger partial charge in [0.05, 0.1) is 6.54 Å². The van der Waals surface area contributed by atoms with Crippen molar-refractivity contribution in [2.24, 2.45) is 5.84 Å². The van der Waals surface area contributed by atoms with E-state index in [4.69, 9.17) is 16.3 Å². The summed E-state index contributed by atoms with van der Waals surface area (Å²) in [5.74, 6) is 6.94. The Kier molecular flexibility index (Phi) is 11.7. The van der Waals surface area contributed by atoms with Gasteiger partial charge >= 0.3 is 6.09 Å². The van der Waals surface area contributed by atoms with Crippen molar-refractivity contribution in [3.05, 3.63) is 84.5 Å². The Hall–Kier alpha value is -4.64. The molecule has 0 spiro atoms. The molecule has 0 atom stereocenters. The average Bonchev–Trinajstić information content (AvgIpc) is 3.56. The molecule has 1 amide bonds. The summed E-state index contributed by atoms with van der Waals surface area (Å²) in [6.45, 7) is 21.5. The molecule has 3 aromatic rings. The van der Waals surface area contributed by atoms with Crippen LogP contribution in [0.3, 0.4) is 0 Å². The molecular weight excluding hydrogens is 554 g/mol. The van der Waals surface area contributed by atoms with E-state index in [-0.39, 0.29) is 12.0 Å². The van der Waals surface area contributed by atoms with Gasteiger partial charge in [-0.1, -0.05) is 63.0 Å². The van der Waals surface area contributed by atoms with Gasteiger partial charge in [0.15, 0.2) is 11.6 Å². The van der Waals surface area contributed by atoms with Crippen LogP contribution < -0.4 is 17.0 Å². The van der Waals surface area contributed by atoms with E-state index in [2.05, 4.69) is 39.8 Å². The molecule has 0 bridgehead atoms. The first-order chi connectivity index (χ1) is 21.0. The van der Waals surface area contributed by atoms with Crippen LogP contribution in [0.15, 0.2) is 67.7 Å². The number of carbonyl (C=O) groups excluding carboxylic acids is 1. The summed E-state index contributed by atoms with van der Waals surface area (Å²) in [6.07, 6.45) is 16.0. The van der Waals surface area contributed by atoms with Gasteiger partial charge in [0.1, 0.15) is 17.4 Å². The van der Waals surface area contributed by atoms with Crippen molar-refractivity contribution in [2.75, 3.05) is 24.2 Å². The Morgan fingerprint density at radius 1 is 1.23 bits per heavy atom. The zero-order valence-corrected chi connectivity index (χ0v) is 26.9. The van der Waals surface area contributed by atoms with Gasteiger partial charge in [-0.2, -0.15) is 10.2 Å². The number of likely N-dealkylation sites (tertiary alicyclic amines) is 1. The van der Waals surface area contributed by atoms with Crippen LogP contribution in [0.25, 0.3) is 17.2 Å². The maximum absolute atomic E-state index is 12.6. The van der Waals surface area contributed by atoms with E-state index >= 15 is 0 Å². The fourth-order valence-electron chi connectivity index (χ4n) is 4.94. The number of hydrazine groups is 1. The third-order valence-electron chi connectivity index (χ3n) is 6.95. The number of aromatic nitrogens is 5. The second kappa shape index (κ2) is 15.2. The summed E-state index contributed by atoms with van der Waals surface area (Å²) in [7, 11) is 0. The highest BCUT2D eigenvalue weighted by molar-refractivity contribution is 5.91. The Morgan fingerprint density at radius 3 is 2.57 bits per heavy atom. The zero-order valence-electron chi connectivity index (χ0n) is 26.9. The topological polar surface area (TPSA) is 142 Å². The smallest absolute Gasteiger partial charge is 0.410 e. The number of nitrogens with two attached hydrogens (primary N) is 2. The van der Waals surface area contributed by atoms with Crippen molar-refractivity contribution in [2.45, 2.75) is 72.4 Å². The third kappa shape index (κ3) is 8.47. The summed E-state index contributed by atoms with van der Waals surface area (Å²) in [5.41, 5.74) is 13.6. The first kappa shape index (κ1) is 33.9. The maximum Gasteiger partial charge on any atom is 0.410 e. The number of hydrogen-bond donors (Lipinski definition) is 3. The lowest BCUT2D eigenvalue weighted by atomic mass is 9.93. The fraction of sp³-hybridized carbons (Fsp3) is 0.394. The number of fused-ring (bicyclic) bond motifs is 1. The molecule has 4 rings (SSSR count). The van der Waals surface area contributed by atoms with E-state index in [9.17, 15) is 4.79 Å². The van der Waals surface area contributed by atoms with E-state index in [1.54, 1.807) is 11.0 Å². The molecule has 1 fully saturated rings. The number of allylic oxidation sites excluding steroid dienone is 7. The molecule has 0 radical (unpaired) electrons. The lowest BCUT2D eigenvalue weighted by Gasteiger charge is -2.33. The summed E-state index contributed by atoms with van der Waals surface area (Å²) in [6, 6.07) is 2.09. The van der Waals surface area contributed by atoms with Crippen LogP contribution >= 0.6 is 0 Å². The Labute approximate surface area is 260 Å². The molecule has 3 aromatic heterocycles. The number of amides is 1. The third-order valence-corrected chi connectivity index (χ3v) is 6.95. The minimum absolute atomic E-state index is 0.175. The van der Waals surface area contributed by atoms with Gasteiger partial charge in [-0.15, -0.1) is 0 Å². The largest absolute Gasteiger partial charge is 0.444 e. The van der Waals surface area contributed by atoms with Gasteiger partial charge < -0.3 is 20.8 Å². The van der Waals surface area contributed by atoms with Gasteiger partial charge in [-0.3, -0.25) is 4.68 Å². The van der Waals surface area contributed by atoms with Gasteiger partial charge in [-0.25, -0.2) is 20.1 Å². The number of rotatable bonds is 9. The van der Waals surface area contributed by atoms with E-state index in [1.807, 2.05) is 87.3 Å². The number of anilines is 2. The monoisotopic (exact) mass is 601 g/mol. The lowest BCUT2D eigenvalue weighted by Crippen LogP contribution is -2.41. The number of nitrogens with one attached hydrogen (secondary N) is 1. The van der Waals surface area contributed by atoms with Gasteiger partial charge in [-0.05, 0) is 58.3 Å². The van der Waals surface area contributed by atoms with E-state index in [0.717, 1.165) is 46.3 Å². The number of nitrogen functional groups attached to an aromatic ring is 2. The number of carbonyl (C=O) groups is 1. The molecule has 1 saturated heterocycles. The first-order valence-electron chi connectivity index (χ1n) is 15.0. The normalized spacial score (nSPS) is 14.6. The standard InChI is InChI=1S/C31H41N9O2.C2H6/c1-7-8-9-10-21(2)18-39-19-24(28(32)37-39)12-11-22(3)25-17-26(40-27(25)29(36-33)34-20-35-40)23-13-15-38(16-14-23)30(41)42-31(4,5)6;1-2/h7-12,17,19-20,23H,1,3,13-16,18,33H2,2,4-6H3,(H2,32,37)(H,34,35,36);1-2H3/b9-8-,12-11-,21-10+;. The summed E-state index contributed by atoms with van der Waals surface area (Å²) >= 11 is 0. The van der Waals surface area contributed by atoms with Gasteiger partial charge in [0, 0.05) is 42.0 Å². The Bertz CT molecular complexity index is 1540. The van der Waals surface area contributed by atoms with Gasteiger partial charge in [0.25, 0.3) is 0 Å². The molecule has 236 valence electrons. The van der Waals surface area contributed by atoms with Crippen LogP contribution in [0.1, 0.15) is 77.1 Å². The number of piperidine rings is 1. The molecular formula is C33H47N9O2. The SMILES string of the molecule is C=C/C=C\C=C(/C)Cn1cc(/C=C\C(=C)c2cc(C3CCN(C(=O)OC(C)(C)C)CC3)n3ncnc(NN)c23)c(N)n1.CC. The van der Waals surface area contributed by atoms with E-state index < -0.39 is 5.60 Å². The molecule has 11 nitrogen and oxygen atoms in total. The molecule has 0 unspecified atom stereocenters. The molecule has 44 heavy (non-hydrogen) atoms. The lowest BCUT2D eigenvalue weighted by molar-refractivity contribution is 0.0203. The van der Waals surface area contributed by atoms with Crippen LogP contribution in [0.4, 0.5) is 16.4 Å². The van der Waals surface area contributed by atoms with Crippen LogP contribution in [0.5, 0.6) is 0 Å². The highest BCUT2D eigenvalue weighted by atomic mass is 16.6. The fourth-order valence-corrected chi connectivity index (χ4v) is 4.94.